The Morgan fingerprint density at radius 3 is 2.81 bits per heavy atom. The van der Waals surface area contributed by atoms with E-state index < -0.39 is 11.9 Å². The molecule has 0 radical (unpaired) electrons. The molecule has 7 heteroatoms. The van der Waals surface area contributed by atoms with Crippen LogP contribution >= 0.6 is 15.9 Å². The summed E-state index contributed by atoms with van der Waals surface area (Å²) in [6.07, 6.45) is 1.70. The van der Waals surface area contributed by atoms with E-state index in [4.69, 9.17) is 0 Å². The van der Waals surface area contributed by atoms with Crippen LogP contribution in [0.25, 0.3) is 0 Å². The molecule has 0 aliphatic rings. The molecule has 0 bridgehead atoms. The molecule has 0 saturated carbocycles. The molecule has 1 heterocycles. The van der Waals surface area contributed by atoms with Crippen LogP contribution in [0.3, 0.4) is 0 Å². The normalized spacial score (nSPS) is 9.94. The molecule has 0 unspecified atom stereocenters. The fourth-order valence-electron chi connectivity index (χ4n) is 1.02. The third-order valence-corrected chi connectivity index (χ3v) is 2.46. The molecule has 88 valence electrons. The van der Waals surface area contributed by atoms with Crippen molar-refractivity contribution in [3.8, 4) is 0 Å². The van der Waals surface area contributed by atoms with E-state index in [2.05, 4.69) is 31.1 Å². The summed E-state index contributed by atoms with van der Waals surface area (Å²) >= 11 is 3.22. The van der Waals surface area contributed by atoms with Gasteiger partial charge in [0.05, 0.1) is 11.6 Å². The Bertz CT molecular complexity index is 403. The maximum Gasteiger partial charge on any atom is 0.325 e. The van der Waals surface area contributed by atoms with E-state index in [0.29, 0.717) is 11.0 Å². The van der Waals surface area contributed by atoms with Gasteiger partial charge in [0.25, 0.3) is 5.91 Å². The number of carbonyl (C=O) groups is 2. The zero-order valence-electron chi connectivity index (χ0n) is 8.99. The number of esters is 1. The summed E-state index contributed by atoms with van der Waals surface area (Å²) in [5.41, 5.74) is 0.255. The van der Waals surface area contributed by atoms with Crippen LogP contribution in [0.15, 0.2) is 10.7 Å². The first kappa shape index (κ1) is 12.7. The molecule has 0 atom stereocenters. The Labute approximate surface area is 101 Å². The maximum atomic E-state index is 11.6. The van der Waals surface area contributed by atoms with Crippen molar-refractivity contribution in [2.24, 2.45) is 0 Å². The van der Waals surface area contributed by atoms with Gasteiger partial charge in [-0.15, -0.1) is 0 Å². The monoisotopic (exact) mass is 289 g/mol. The lowest BCUT2D eigenvalue weighted by Gasteiger charge is -2.01. The summed E-state index contributed by atoms with van der Waals surface area (Å²) in [5.74, 6) is -0.913. The number of methoxy groups -OCH3 is 1. The van der Waals surface area contributed by atoms with Crippen molar-refractivity contribution in [1.82, 2.24) is 15.1 Å². The first-order valence-electron chi connectivity index (χ1n) is 4.66. The number of rotatable bonds is 4. The standard InChI is InChI=1S/C9H12BrN3O3/c1-3-13-5-6(10)8(12-13)9(15)11-4-7(14)16-2/h5H,3-4H2,1-2H3,(H,11,15). The van der Waals surface area contributed by atoms with Crippen LogP contribution in [0.5, 0.6) is 0 Å². The lowest BCUT2D eigenvalue weighted by molar-refractivity contribution is -0.139. The van der Waals surface area contributed by atoms with E-state index in [1.807, 2.05) is 6.92 Å². The minimum Gasteiger partial charge on any atom is -0.468 e. The summed E-state index contributed by atoms with van der Waals surface area (Å²) < 4.78 is 6.62. The topological polar surface area (TPSA) is 73.2 Å². The molecule has 0 aliphatic carbocycles. The molecule has 1 rings (SSSR count). The van der Waals surface area contributed by atoms with Crippen molar-refractivity contribution in [2.45, 2.75) is 13.5 Å². The highest BCUT2D eigenvalue weighted by Crippen LogP contribution is 2.14. The molecule has 1 aromatic heterocycles. The lowest BCUT2D eigenvalue weighted by Crippen LogP contribution is -2.30. The second kappa shape index (κ2) is 5.64. The molecule has 0 spiro atoms. The fraction of sp³-hybridized carbons (Fsp3) is 0.444. The quantitative estimate of drug-likeness (QED) is 0.823. The van der Waals surface area contributed by atoms with Crippen molar-refractivity contribution >= 4 is 27.8 Å². The Morgan fingerprint density at radius 2 is 2.31 bits per heavy atom. The number of aromatic nitrogens is 2. The molecule has 0 aromatic carbocycles. The predicted octanol–water partition coefficient (Wildman–Crippen LogP) is 0.568. The Morgan fingerprint density at radius 1 is 1.62 bits per heavy atom. The number of halogens is 1. The van der Waals surface area contributed by atoms with Crippen molar-refractivity contribution in [3.63, 3.8) is 0 Å². The molecule has 6 nitrogen and oxygen atoms in total. The highest BCUT2D eigenvalue weighted by atomic mass is 79.9. The van der Waals surface area contributed by atoms with Crippen molar-refractivity contribution in [1.29, 1.82) is 0 Å². The van der Waals surface area contributed by atoms with Crippen LogP contribution in [-0.4, -0.2) is 35.3 Å². The van der Waals surface area contributed by atoms with Gasteiger partial charge in [0, 0.05) is 12.7 Å². The van der Waals surface area contributed by atoms with Crippen LogP contribution < -0.4 is 5.32 Å². The van der Waals surface area contributed by atoms with E-state index >= 15 is 0 Å². The van der Waals surface area contributed by atoms with E-state index in [1.165, 1.54) is 7.11 Å². The number of aryl methyl sites for hydroxylation is 1. The van der Waals surface area contributed by atoms with Crippen LogP contribution in [0, 0.1) is 0 Å². The summed E-state index contributed by atoms with van der Waals surface area (Å²) in [6.45, 7) is 2.42. The van der Waals surface area contributed by atoms with E-state index in [9.17, 15) is 9.59 Å². The second-order valence-electron chi connectivity index (χ2n) is 2.94. The Kier molecular flexibility index (Phi) is 4.48. The van der Waals surface area contributed by atoms with E-state index in [1.54, 1.807) is 10.9 Å². The summed E-state index contributed by atoms with van der Waals surface area (Å²) in [5, 5.41) is 6.45. The van der Waals surface area contributed by atoms with Crippen molar-refractivity contribution in [2.75, 3.05) is 13.7 Å². The average molecular weight is 290 g/mol. The zero-order valence-corrected chi connectivity index (χ0v) is 10.6. The molecule has 1 N–H and O–H groups in total. The van der Waals surface area contributed by atoms with E-state index in [-0.39, 0.29) is 12.2 Å². The van der Waals surface area contributed by atoms with Gasteiger partial charge < -0.3 is 10.1 Å². The fourth-order valence-corrected chi connectivity index (χ4v) is 1.52. The largest absolute Gasteiger partial charge is 0.468 e. The van der Waals surface area contributed by atoms with Gasteiger partial charge in [-0.3, -0.25) is 14.3 Å². The van der Waals surface area contributed by atoms with Gasteiger partial charge in [0.1, 0.15) is 6.54 Å². The SMILES string of the molecule is CCn1cc(Br)c(C(=O)NCC(=O)OC)n1. The van der Waals surface area contributed by atoms with Crippen LogP contribution in [-0.2, 0) is 16.1 Å². The van der Waals surface area contributed by atoms with Crippen LogP contribution in [0.2, 0.25) is 0 Å². The highest BCUT2D eigenvalue weighted by molar-refractivity contribution is 9.10. The highest BCUT2D eigenvalue weighted by Gasteiger charge is 2.15. The number of hydrogen-bond acceptors (Lipinski definition) is 4. The molecule has 0 aliphatic heterocycles. The maximum absolute atomic E-state index is 11.6. The van der Waals surface area contributed by atoms with Gasteiger partial charge >= 0.3 is 5.97 Å². The predicted molar refractivity (Wildman–Crippen MR) is 60.0 cm³/mol. The zero-order chi connectivity index (χ0) is 12.1. The first-order chi connectivity index (χ1) is 7.58. The molecule has 16 heavy (non-hydrogen) atoms. The number of amides is 1. The minimum absolute atomic E-state index is 0.166. The number of nitrogens with one attached hydrogen (secondary N) is 1. The van der Waals surface area contributed by atoms with Gasteiger partial charge in [-0.25, -0.2) is 0 Å². The number of carbonyl (C=O) groups excluding carboxylic acids is 2. The third kappa shape index (κ3) is 3.06. The van der Waals surface area contributed by atoms with E-state index in [0.717, 1.165) is 0 Å². The van der Waals surface area contributed by atoms with Crippen molar-refractivity contribution < 1.29 is 14.3 Å². The molecule has 1 aromatic rings. The van der Waals surface area contributed by atoms with Gasteiger partial charge in [-0.1, -0.05) is 0 Å². The lowest BCUT2D eigenvalue weighted by atomic mass is 10.4. The Balaban J connectivity index is 2.65. The van der Waals surface area contributed by atoms with Gasteiger partial charge in [0.2, 0.25) is 0 Å². The van der Waals surface area contributed by atoms with Crippen molar-refractivity contribution in [3.05, 3.63) is 16.4 Å². The van der Waals surface area contributed by atoms with Gasteiger partial charge in [-0.2, -0.15) is 5.10 Å². The minimum atomic E-state index is -0.501. The Hall–Kier alpha value is -1.37. The molecular weight excluding hydrogens is 278 g/mol. The molecule has 1 amide bonds. The molecule has 0 fully saturated rings. The summed E-state index contributed by atoms with van der Waals surface area (Å²) in [7, 11) is 1.26. The van der Waals surface area contributed by atoms with Gasteiger partial charge in [0.15, 0.2) is 5.69 Å². The number of hydrogen-bond donors (Lipinski definition) is 1. The smallest absolute Gasteiger partial charge is 0.325 e. The van der Waals surface area contributed by atoms with Crippen LogP contribution in [0.4, 0.5) is 0 Å². The second-order valence-corrected chi connectivity index (χ2v) is 3.79. The molecular formula is C9H12BrN3O3. The third-order valence-electron chi connectivity index (χ3n) is 1.88. The number of ether oxygens (including phenoxy) is 1. The summed E-state index contributed by atoms with van der Waals surface area (Å²) in [6, 6.07) is 0. The molecule has 0 saturated heterocycles. The number of nitrogens with zero attached hydrogens (tertiary/aromatic N) is 2. The average Bonchev–Trinajstić information content (AvgIpc) is 2.67. The van der Waals surface area contributed by atoms with Gasteiger partial charge in [-0.05, 0) is 22.9 Å². The summed E-state index contributed by atoms with van der Waals surface area (Å²) in [4.78, 5) is 22.4. The first-order valence-corrected chi connectivity index (χ1v) is 5.45. The van der Waals surface area contributed by atoms with Crippen LogP contribution in [0.1, 0.15) is 17.4 Å².